The molecule has 0 aromatic heterocycles. The van der Waals surface area contributed by atoms with Crippen LogP contribution in [-0.2, 0) is 0 Å². The Bertz CT molecular complexity index is 159. The van der Waals surface area contributed by atoms with Crippen LogP contribution in [0.2, 0.25) is 0 Å². The van der Waals surface area contributed by atoms with Gasteiger partial charge in [-0.15, -0.1) is 6.58 Å². The molecule has 1 nitrogen and oxygen atoms in total. The molecule has 1 unspecified atom stereocenters. The van der Waals surface area contributed by atoms with Crippen molar-refractivity contribution < 1.29 is 0 Å². The summed E-state index contributed by atoms with van der Waals surface area (Å²) >= 11 is 0. The van der Waals surface area contributed by atoms with Crippen LogP contribution in [0.3, 0.4) is 0 Å². The van der Waals surface area contributed by atoms with Gasteiger partial charge in [-0.2, -0.15) is 0 Å². The summed E-state index contributed by atoms with van der Waals surface area (Å²) in [5.74, 6) is 0.960. The smallest absolute Gasteiger partial charge is 0.00954 e. The van der Waals surface area contributed by atoms with E-state index in [1.54, 1.807) is 0 Å². The number of allylic oxidation sites excluding steroid dienone is 1. The van der Waals surface area contributed by atoms with Gasteiger partial charge in [0, 0.05) is 6.04 Å². The molecular weight excluding hydrogens is 182 g/mol. The predicted octanol–water partition coefficient (Wildman–Crippen LogP) is 3.90. The first kappa shape index (κ1) is 12.8. The van der Waals surface area contributed by atoms with Crippen molar-refractivity contribution >= 4 is 0 Å². The second-order valence-electron chi connectivity index (χ2n) is 4.82. The fourth-order valence-corrected chi connectivity index (χ4v) is 2.68. The maximum atomic E-state index is 3.80. The minimum Gasteiger partial charge on any atom is -0.314 e. The maximum Gasteiger partial charge on any atom is 0.00954 e. The van der Waals surface area contributed by atoms with Gasteiger partial charge >= 0.3 is 0 Å². The van der Waals surface area contributed by atoms with E-state index >= 15 is 0 Å². The fraction of sp³-hybridized carbons (Fsp3) is 0.857. The van der Waals surface area contributed by atoms with Gasteiger partial charge in [0.15, 0.2) is 0 Å². The van der Waals surface area contributed by atoms with E-state index in [1.807, 2.05) is 6.08 Å². The van der Waals surface area contributed by atoms with E-state index in [2.05, 4.69) is 18.8 Å². The molecule has 0 bridgehead atoms. The van der Waals surface area contributed by atoms with Gasteiger partial charge in [-0.1, -0.05) is 25.8 Å². The van der Waals surface area contributed by atoms with Gasteiger partial charge in [0.25, 0.3) is 0 Å². The van der Waals surface area contributed by atoms with Gasteiger partial charge in [0.2, 0.25) is 0 Å². The highest BCUT2D eigenvalue weighted by Gasteiger charge is 2.23. The fourth-order valence-electron chi connectivity index (χ4n) is 2.68. The molecule has 0 saturated heterocycles. The summed E-state index contributed by atoms with van der Waals surface area (Å²) in [6, 6.07) is 0.785. The third-order valence-electron chi connectivity index (χ3n) is 3.55. The Morgan fingerprint density at radius 2 is 2.13 bits per heavy atom. The number of hydrogen-bond donors (Lipinski definition) is 1. The van der Waals surface area contributed by atoms with E-state index < -0.39 is 0 Å². The van der Waals surface area contributed by atoms with Gasteiger partial charge in [-0.3, -0.25) is 0 Å². The number of rotatable bonds is 8. The molecule has 1 fully saturated rings. The van der Waals surface area contributed by atoms with Crippen molar-refractivity contribution in [3.8, 4) is 0 Å². The molecular formula is C14H27N. The lowest BCUT2D eigenvalue weighted by molar-refractivity contribution is 0.335. The van der Waals surface area contributed by atoms with Crippen LogP contribution in [0.25, 0.3) is 0 Å². The van der Waals surface area contributed by atoms with Gasteiger partial charge < -0.3 is 5.32 Å². The van der Waals surface area contributed by atoms with Crippen molar-refractivity contribution in [2.45, 2.75) is 64.3 Å². The third-order valence-corrected chi connectivity index (χ3v) is 3.55. The zero-order valence-electron chi connectivity index (χ0n) is 10.3. The van der Waals surface area contributed by atoms with E-state index in [9.17, 15) is 0 Å². The molecule has 88 valence electrons. The first-order valence-corrected chi connectivity index (χ1v) is 6.72. The van der Waals surface area contributed by atoms with E-state index in [1.165, 1.54) is 57.9 Å². The van der Waals surface area contributed by atoms with Crippen LogP contribution < -0.4 is 5.32 Å². The number of hydrogen-bond acceptors (Lipinski definition) is 1. The van der Waals surface area contributed by atoms with E-state index in [4.69, 9.17) is 0 Å². The summed E-state index contributed by atoms with van der Waals surface area (Å²) in [6.45, 7) is 7.24. The molecule has 0 aromatic carbocycles. The first-order valence-electron chi connectivity index (χ1n) is 6.72. The summed E-state index contributed by atoms with van der Waals surface area (Å²) in [5.41, 5.74) is 0. The molecule has 1 atom stereocenters. The lowest BCUT2D eigenvalue weighted by Gasteiger charge is -2.24. The van der Waals surface area contributed by atoms with Gasteiger partial charge in [0.05, 0.1) is 0 Å². The minimum atomic E-state index is 0.785. The molecule has 0 amide bonds. The second kappa shape index (κ2) is 7.92. The zero-order chi connectivity index (χ0) is 10.9. The van der Waals surface area contributed by atoms with Crippen molar-refractivity contribution in [2.24, 2.45) is 5.92 Å². The standard InChI is InChI=1S/C14H27N/c1-3-5-6-11-14(15-12-4-2)13-9-7-8-10-13/h3,13-15H,1,4-12H2,2H3. The van der Waals surface area contributed by atoms with Crippen molar-refractivity contribution in [1.29, 1.82) is 0 Å². The highest BCUT2D eigenvalue weighted by Crippen LogP contribution is 2.29. The van der Waals surface area contributed by atoms with Crippen molar-refractivity contribution in [2.75, 3.05) is 6.54 Å². The molecule has 0 radical (unpaired) electrons. The van der Waals surface area contributed by atoms with Crippen LogP contribution in [0.4, 0.5) is 0 Å². The molecule has 1 N–H and O–H groups in total. The molecule has 1 aliphatic carbocycles. The van der Waals surface area contributed by atoms with Crippen LogP contribution in [0.15, 0.2) is 12.7 Å². The van der Waals surface area contributed by atoms with Crippen molar-refractivity contribution in [3.63, 3.8) is 0 Å². The second-order valence-corrected chi connectivity index (χ2v) is 4.82. The van der Waals surface area contributed by atoms with E-state index in [0.717, 1.165) is 12.0 Å². The monoisotopic (exact) mass is 209 g/mol. The van der Waals surface area contributed by atoms with E-state index in [0.29, 0.717) is 0 Å². The number of unbranched alkanes of at least 4 members (excludes halogenated alkanes) is 1. The molecule has 1 aliphatic rings. The third kappa shape index (κ3) is 4.83. The molecule has 1 heteroatoms. The first-order chi connectivity index (χ1) is 7.38. The number of nitrogens with one attached hydrogen (secondary N) is 1. The van der Waals surface area contributed by atoms with Gasteiger partial charge in [-0.05, 0) is 51.0 Å². The highest BCUT2D eigenvalue weighted by molar-refractivity contribution is 4.81. The Hall–Kier alpha value is -0.300. The van der Waals surface area contributed by atoms with E-state index in [-0.39, 0.29) is 0 Å². The van der Waals surface area contributed by atoms with Crippen LogP contribution in [0.5, 0.6) is 0 Å². The molecule has 0 aromatic rings. The lowest BCUT2D eigenvalue weighted by Crippen LogP contribution is -2.35. The largest absolute Gasteiger partial charge is 0.314 e. The average Bonchev–Trinajstić information content (AvgIpc) is 2.76. The van der Waals surface area contributed by atoms with Crippen molar-refractivity contribution in [3.05, 3.63) is 12.7 Å². The zero-order valence-corrected chi connectivity index (χ0v) is 10.3. The van der Waals surface area contributed by atoms with Crippen LogP contribution in [0.1, 0.15) is 58.3 Å². The Labute approximate surface area is 95.3 Å². The molecule has 0 heterocycles. The summed E-state index contributed by atoms with van der Waals surface area (Å²) < 4.78 is 0. The normalized spacial score (nSPS) is 19.3. The summed E-state index contributed by atoms with van der Waals surface area (Å²) in [4.78, 5) is 0. The van der Waals surface area contributed by atoms with Crippen molar-refractivity contribution in [1.82, 2.24) is 5.32 Å². The Kier molecular flexibility index (Phi) is 6.74. The Morgan fingerprint density at radius 1 is 1.40 bits per heavy atom. The van der Waals surface area contributed by atoms with Gasteiger partial charge in [-0.25, -0.2) is 0 Å². The topological polar surface area (TPSA) is 12.0 Å². The quantitative estimate of drug-likeness (QED) is 0.472. The van der Waals surface area contributed by atoms with Crippen LogP contribution in [-0.4, -0.2) is 12.6 Å². The SMILES string of the molecule is C=CCCCC(NCCC)C1CCCC1. The highest BCUT2D eigenvalue weighted by atomic mass is 14.9. The predicted molar refractivity (Wildman–Crippen MR) is 68.1 cm³/mol. The average molecular weight is 209 g/mol. The summed E-state index contributed by atoms with van der Waals surface area (Å²) in [6.07, 6.45) is 12.9. The minimum absolute atomic E-state index is 0.785. The van der Waals surface area contributed by atoms with Crippen LogP contribution in [0, 0.1) is 5.92 Å². The Balaban J connectivity index is 2.26. The van der Waals surface area contributed by atoms with Crippen LogP contribution >= 0.6 is 0 Å². The summed E-state index contributed by atoms with van der Waals surface area (Å²) in [7, 11) is 0. The van der Waals surface area contributed by atoms with Gasteiger partial charge in [0.1, 0.15) is 0 Å². The molecule has 15 heavy (non-hydrogen) atoms. The summed E-state index contributed by atoms with van der Waals surface area (Å²) in [5, 5.41) is 3.74. The molecule has 1 saturated carbocycles. The molecule has 1 rings (SSSR count). The molecule has 0 spiro atoms. The lowest BCUT2D eigenvalue weighted by atomic mass is 9.93. The molecule has 0 aliphatic heterocycles. The maximum absolute atomic E-state index is 3.80. The Morgan fingerprint density at radius 3 is 2.73 bits per heavy atom.